The van der Waals surface area contributed by atoms with Crippen LogP contribution < -0.4 is 10.3 Å². The van der Waals surface area contributed by atoms with E-state index in [2.05, 4.69) is 29.3 Å². The number of nitrogens with zero attached hydrogens (tertiary/aromatic N) is 4. The predicted molar refractivity (Wildman–Crippen MR) is 136 cm³/mol. The Morgan fingerprint density at radius 2 is 1.78 bits per heavy atom. The Hall–Kier alpha value is -2.64. The maximum absolute atomic E-state index is 13.0. The second kappa shape index (κ2) is 9.46. The van der Waals surface area contributed by atoms with Crippen LogP contribution in [-0.2, 0) is 0 Å². The van der Waals surface area contributed by atoms with Gasteiger partial charge in [-0.15, -0.1) is 0 Å². The van der Waals surface area contributed by atoms with Crippen LogP contribution in [0.1, 0.15) is 49.5 Å². The van der Waals surface area contributed by atoms with Crippen molar-refractivity contribution in [3.05, 3.63) is 52.5 Å². The number of aromatic nitrogens is 1. The molecule has 32 heavy (non-hydrogen) atoms. The van der Waals surface area contributed by atoms with Gasteiger partial charge in [0, 0.05) is 37.5 Å². The van der Waals surface area contributed by atoms with Crippen LogP contribution in [0.2, 0.25) is 5.02 Å². The van der Waals surface area contributed by atoms with E-state index in [0.717, 1.165) is 32.3 Å². The Balaban J connectivity index is 1.49. The van der Waals surface area contributed by atoms with Gasteiger partial charge in [0.1, 0.15) is 5.52 Å². The molecule has 3 aromatic rings. The van der Waals surface area contributed by atoms with E-state index >= 15 is 0 Å². The number of carbonyl (C=O) groups is 1. The average Bonchev–Trinajstić information content (AvgIpc) is 3.20. The fourth-order valence-electron chi connectivity index (χ4n) is 3.79. The van der Waals surface area contributed by atoms with Crippen LogP contribution >= 0.6 is 22.9 Å². The normalized spacial score (nSPS) is 14.2. The number of benzene rings is 2. The van der Waals surface area contributed by atoms with E-state index in [1.807, 2.05) is 55.1 Å². The number of hydrogen-bond donors (Lipinski definition) is 1. The molecular formula is C24H28ClN5OS. The van der Waals surface area contributed by atoms with E-state index in [0.29, 0.717) is 37.1 Å². The van der Waals surface area contributed by atoms with Gasteiger partial charge in [0.2, 0.25) is 5.13 Å². The Morgan fingerprint density at radius 1 is 1.09 bits per heavy atom. The zero-order valence-corrected chi connectivity index (χ0v) is 20.4. The predicted octanol–water partition coefficient (Wildman–Crippen LogP) is 5.84. The van der Waals surface area contributed by atoms with E-state index in [4.69, 9.17) is 16.6 Å². The SMILES string of the molecule is CC(C)=NNc1nc2c(N3CCN(C(=O)c4ccc(C(C)C)cc4)CC3)c(Cl)ccc2s1. The highest BCUT2D eigenvalue weighted by molar-refractivity contribution is 7.22. The lowest BCUT2D eigenvalue weighted by molar-refractivity contribution is 0.0747. The molecule has 2 heterocycles. The molecule has 1 N–H and O–H groups in total. The van der Waals surface area contributed by atoms with Gasteiger partial charge in [-0.1, -0.05) is 48.9 Å². The molecule has 1 fully saturated rings. The van der Waals surface area contributed by atoms with Gasteiger partial charge in [0.25, 0.3) is 5.91 Å². The highest BCUT2D eigenvalue weighted by Crippen LogP contribution is 2.38. The molecule has 168 valence electrons. The zero-order chi connectivity index (χ0) is 22.8. The first-order valence-corrected chi connectivity index (χ1v) is 12.0. The molecule has 0 aliphatic carbocycles. The third-order valence-corrected chi connectivity index (χ3v) is 6.80. The molecule has 1 aliphatic rings. The van der Waals surface area contributed by atoms with Crippen molar-refractivity contribution in [2.45, 2.75) is 33.6 Å². The number of nitrogens with one attached hydrogen (secondary N) is 1. The summed E-state index contributed by atoms with van der Waals surface area (Å²) >= 11 is 8.16. The zero-order valence-electron chi connectivity index (χ0n) is 18.9. The first-order chi connectivity index (χ1) is 15.3. The topological polar surface area (TPSA) is 60.8 Å². The lowest BCUT2D eigenvalue weighted by Crippen LogP contribution is -2.49. The molecule has 1 amide bonds. The van der Waals surface area contributed by atoms with E-state index in [1.165, 1.54) is 5.56 Å². The van der Waals surface area contributed by atoms with Gasteiger partial charge >= 0.3 is 0 Å². The second-order valence-corrected chi connectivity index (χ2v) is 9.93. The Morgan fingerprint density at radius 3 is 2.41 bits per heavy atom. The molecule has 1 aromatic heterocycles. The number of amides is 1. The maximum Gasteiger partial charge on any atom is 0.253 e. The minimum absolute atomic E-state index is 0.0807. The Labute approximate surface area is 197 Å². The van der Waals surface area contributed by atoms with Crippen molar-refractivity contribution in [2.24, 2.45) is 5.10 Å². The molecule has 0 atom stereocenters. The molecular weight excluding hydrogens is 442 g/mol. The number of anilines is 2. The third kappa shape index (κ3) is 4.74. The monoisotopic (exact) mass is 469 g/mol. The molecule has 4 rings (SSSR count). The third-order valence-electron chi connectivity index (χ3n) is 5.57. The summed E-state index contributed by atoms with van der Waals surface area (Å²) in [5.74, 6) is 0.534. The van der Waals surface area contributed by atoms with Gasteiger partial charge in [-0.3, -0.25) is 10.2 Å². The van der Waals surface area contributed by atoms with Crippen molar-refractivity contribution in [3.63, 3.8) is 0 Å². The van der Waals surface area contributed by atoms with Crippen LogP contribution in [-0.4, -0.2) is 47.7 Å². The quantitative estimate of drug-likeness (QED) is 0.376. The van der Waals surface area contributed by atoms with Crippen molar-refractivity contribution in [1.82, 2.24) is 9.88 Å². The number of rotatable bonds is 5. The molecule has 0 radical (unpaired) electrons. The number of hydrogen-bond acceptors (Lipinski definition) is 6. The van der Waals surface area contributed by atoms with E-state index in [9.17, 15) is 4.79 Å². The maximum atomic E-state index is 13.0. The molecule has 1 aliphatic heterocycles. The Bertz CT molecular complexity index is 1140. The minimum atomic E-state index is 0.0807. The number of halogens is 1. The van der Waals surface area contributed by atoms with Crippen LogP contribution in [0.5, 0.6) is 0 Å². The van der Waals surface area contributed by atoms with Crippen molar-refractivity contribution in [3.8, 4) is 0 Å². The first kappa shape index (κ1) is 22.6. The molecule has 0 unspecified atom stereocenters. The summed E-state index contributed by atoms with van der Waals surface area (Å²) in [7, 11) is 0. The molecule has 0 spiro atoms. The second-order valence-electron chi connectivity index (χ2n) is 8.49. The summed E-state index contributed by atoms with van der Waals surface area (Å²) in [6.45, 7) is 10.9. The van der Waals surface area contributed by atoms with Gasteiger partial charge < -0.3 is 9.80 Å². The highest BCUT2D eigenvalue weighted by atomic mass is 35.5. The smallest absolute Gasteiger partial charge is 0.253 e. The summed E-state index contributed by atoms with van der Waals surface area (Å²) in [6.07, 6.45) is 0. The van der Waals surface area contributed by atoms with E-state index < -0.39 is 0 Å². The van der Waals surface area contributed by atoms with Crippen molar-refractivity contribution in [2.75, 3.05) is 36.5 Å². The van der Waals surface area contributed by atoms with Crippen LogP contribution in [0.25, 0.3) is 10.2 Å². The average molecular weight is 470 g/mol. The minimum Gasteiger partial charge on any atom is -0.365 e. The fraction of sp³-hybridized carbons (Fsp3) is 0.375. The summed E-state index contributed by atoms with van der Waals surface area (Å²) in [4.78, 5) is 21.9. The van der Waals surface area contributed by atoms with Crippen LogP contribution in [0, 0.1) is 0 Å². The highest BCUT2D eigenvalue weighted by Gasteiger charge is 2.25. The largest absolute Gasteiger partial charge is 0.365 e. The molecule has 2 aromatic carbocycles. The van der Waals surface area contributed by atoms with Crippen LogP contribution in [0.4, 0.5) is 10.8 Å². The van der Waals surface area contributed by atoms with Crippen molar-refractivity contribution < 1.29 is 4.79 Å². The Kier molecular flexibility index (Phi) is 6.67. The molecule has 6 nitrogen and oxygen atoms in total. The van der Waals surface area contributed by atoms with Gasteiger partial charge in [-0.25, -0.2) is 4.98 Å². The van der Waals surface area contributed by atoms with Crippen molar-refractivity contribution >= 4 is 55.6 Å². The number of hydrazone groups is 1. The standard InChI is InChI=1S/C24H28ClN5OS/c1-15(2)17-5-7-18(8-6-17)23(31)30-13-11-29(12-14-30)22-19(25)9-10-20-21(22)26-24(32-20)28-27-16(3)4/h5-10,15H,11-14H2,1-4H3,(H,26,28). The van der Waals surface area contributed by atoms with E-state index in [-0.39, 0.29) is 5.91 Å². The van der Waals surface area contributed by atoms with E-state index in [1.54, 1.807) is 11.3 Å². The van der Waals surface area contributed by atoms with Gasteiger partial charge in [0.15, 0.2) is 0 Å². The lowest BCUT2D eigenvalue weighted by atomic mass is 10.0. The van der Waals surface area contributed by atoms with Gasteiger partial charge in [0.05, 0.1) is 15.4 Å². The van der Waals surface area contributed by atoms with Crippen LogP contribution in [0.15, 0.2) is 41.5 Å². The van der Waals surface area contributed by atoms with Crippen LogP contribution in [0.3, 0.4) is 0 Å². The summed E-state index contributed by atoms with van der Waals surface area (Å²) in [6, 6.07) is 11.9. The number of fused-ring (bicyclic) bond motifs is 1. The molecule has 8 heteroatoms. The summed E-state index contributed by atoms with van der Waals surface area (Å²) < 4.78 is 1.06. The van der Waals surface area contributed by atoms with Gasteiger partial charge in [-0.05, 0) is 49.6 Å². The fourth-order valence-corrected chi connectivity index (χ4v) is 4.87. The number of thiazole rings is 1. The first-order valence-electron chi connectivity index (χ1n) is 10.8. The molecule has 0 bridgehead atoms. The van der Waals surface area contributed by atoms with Crippen molar-refractivity contribution in [1.29, 1.82) is 0 Å². The van der Waals surface area contributed by atoms with Gasteiger partial charge in [-0.2, -0.15) is 5.10 Å². The number of carbonyl (C=O) groups excluding carboxylic acids is 1. The lowest BCUT2D eigenvalue weighted by Gasteiger charge is -2.36. The summed E-state index contributed by atoms with van der Waals surface area (Å²) in [5, 5.41) is 5.67. The number of piperazine rings is 1. The molecule has 1 saturated heterocycles. The molecule has 0 saturated carbocycles. The summed E-state index contributed by atoms with van der Waals surface area (Å²) in [5.41, 5.74) is 7.73.